The third kappa shape index (κ3) is 3.49. The maximum atomic E-state index is 13.4. The largest absolute Gasteiger partial charge is 0.451 e. The molecule has 2 aromatic carbocycles. The third-order valence-electron chi connectivity index (χ3n) is 5.05. The highest BCUT2D eigenvalue weighted by Gasteiger charge is 2.26. The Kier molecular flexibility index (Phi) is 4.52. The number of carbonyl (C=O) groups is 1. The summed E-state index contributed by atoms with van der Waals surface area (Å²) in [5.41, 5.74) is 1.75. The second kappa shape index (κ2) is 7.33. The van der Waals surface area contributed by atoms with E-state index in [1.807, 2.05) is 36.4 Å². The van der Waals surface area contributed by atoms with Crippen LogP contribution < -0.4 is 4.90 Å². The van der Waals surface area contributed by atoms with Crippen LogP contribution in [0.2, 0.25) is 0 Å². The quantitative estimate of drug-likeness (QED) is 0.496. The molecule has 146 valence electrons. The molecular formula is C22H18FN3O2S. The Morgan fingerprint density at radius 2 is 1.79 bits per heavy atom. The molecule has 7 heteroatoms. The molecule has 4 aromatic rings. The number of aromatic nitrogens is 1. The number of nitrogens with zero attached hydrogens (tertiary/aromatic N) is 3. The number of carbonyl (C=O) groups excluding carboxylic acids is 1. The predicted molar refractivity (Wildman–Crippen MR) is 112 cm³/mol. The smallest absolute Gasteiger partial charge is 0.289 e. The molecule has 0 aliphatic carbocycles. The van der Waals surface area contributed by atoms with Crippen molar-refractivity contribution in [1.82, 2.24) is 9.88 Å². The van der Waals surface area contributed by atoms with Crippen molar-refractivity contribution in [3.63, 3.8) is 0 Å². The van der Waals surface area contributed by atoms with Gasteiger partial charge in [-0.3, -0.25) is 4.79 Å². The molecule has 5 nitrogen and oxygen atoms in total. The van der Waals surface area contributed by atoms with Crippen LogP contribution in [-0.2, 0) is 0 Å². The van der Waals surface area contributed by atoms with Crippen molar-refractivity contribution in [2.75, 3.05) is 31.1 Å². The molecule has 1 aliphatic rings. The Bertz CT molecular complexity index is 1160. The van der Waals surface area contributed by atoms with Crippen LogP contribution in [0.25, 0.3) is 21.5 Å². The van der Waals surface area contributed by atoms with Crippen molar-refractivity contribution in [3.05, 3.63) is 72.2 Å². The van der Waals surface area contributed by atoms with E-state index in [1.165, 1.54) is 23.5 Å². The van der Waals surface area contributed by atoms with E-state index in [4.69, 9.17) is 4.42 Å². The van der Waals surface area contributed by atoms with Crippen molar-refractivity contribution in [3.8, 4) is 11.3 Å². The number of hydrogen-bond acceptors (Lipinski definition) is 5. The minimum Gasteiger partial charge on any atom is -0.451 e. The third-order valence-corrected chi connectivity index (χ3v) is 6.13. The highest BCUT2D eigenvalue weighted by atomic mass is 32.1. The lowest BCUT2D eigenvalue weighted by atomic mass is 10.2. The Labute approximate surface area is 171 Å². The summed E-state index contributed by atoms with van der Waals surface area (Å²) < 4.78 is 20.0. The van der Waals surface area contributed by atoms with Gasteiger partial charge in [-0.15, -0.1) is 0 Å². The van der Waals surface area contributed by atoms with E-state index in [0.29, 0.717) is 37.7 Å². The van der Waals surface area contributed by atoms with E-state index in [-0.39, 0.29) is 11.7 Å². The maximum Gasteiger partial charge on any atom is 0.289 e. The number of benzene rings is 2. The van der Waals surface area contributed by atoms with Crippen LogP contribution in [0.3, 0.4) is 0 Å². The Hall–Kier alpha value is -3.19. The van der Waals surface area contributed by atoms with Crippen LogP contribution >= 0.6 is 11.3 Å². The Balaban J connectivity index is 1.26. The summed E-state index contributed by atoms with van der Waals surface area (Å²) in [5, 5.41) is 0.863. The van der Waals surface area contributed by atoms with Gasteiger partial charge in [0.2, 0.25) is 0 Å². The maximum absolute atomic E-state index is 13.4. The average molecular weight is 407 g/mol. The first kappa shape index (κ1) is 17.9. The lowest BCUT2D eigenvalue weighted by Gasteiger charge is -2.34. The topological polar surface area (TPSA) is 49.6 Å². The summed E-state index contributed by atoms with van der Waals surface area (Å²) in [5.74, 6) is 0.691. The second-order valence-corrected chi connectivity index (χ2v) is 7.93. The first-order chi connectivity index (χ1) is 14.2. The number of hydrogen-bond donors (Lipinski definition) is 0. The normalized spacial score (nSPS) is 14.5. The zero-order chi connectivity index (χ0) is 19.8. The van der Waals surface area contributed by atoms with Crippen LogP contribution in [0.15, 0.2) is 65.1 Å². The fourth-order valence-electron chi connectivity index (χ4n) is 3.49. The number of thiazole rings is 1. The van der Waals surface area contributed by atoms with Gasteiger partial charge in [-0.2, -0.15) is 0 Å². The van der Waals surface area contributed by atoms with Gasteiger partial charge in [0, 0.05) is 31.7 Å². The van der Waals surface area contributed by atoms with Gasteiger partial charge in [-0.05, 0) is 30.3 Å². The number of piperazine rings is 1. The van der Waals surface area contributed by atoms with Crippen molar-refractivity contribution in [2.45, 2.75) is 0 Å². The Morgan fingerprint density at radius 1 is 1.00 bits per heavy atom. The van der Waals surface area contributed by atoms with Gasteiger partial charge < -0.3 is 14.2 Å². The minimum absolute atomic E-state index is 0.0989. The van der Waals surface area contributed by atoms with Gasteiger partial charge in [-0.25, -0.2) is 9.37 Å². The zero-order valence-corrected chi connectivity index (χ0v) is 16.4. The number of halogens is 1. The summed E-state index contributed by atoms with van der Waals surface area (Å²) in [6.07, 6.45) is 0. The first-order valence-corrected chi connectivity index (χ1v) is 10.2. The van der Waals surface area contributed by atoms with E-state index in [0.717, 1.165) is 20.9 Å². The van der Waals surface area contributed by atoms with E-state index < -0.39 is 0 Å². The first-order valence-electron chi connectivity index (χ1n) is 9.43. The molecule has 1 aliphatic heterocycles. The standard InChI is InChI=1S/C22H18FN3O2S/c23-16-6-7-17-20(14-16)29-22(24-17)26-12-10-25(11-13-26)21(27)19-9-8-18(28-19)15-4-2-1-3-5-15/h1-9,14H,10-13H2. The van der Waals surface area contributed by atoms with Gasteiger partial charge in [0.05, 0.1) is 10.2 Å². The molecule has 2 aromatic heterocycles. The molecule has 1 amide bonds. The van der Waals surface area contributed by atoms with Crippen LogP contribution in [0.5, 0.6) is 0 Å². The molecule has 1 saturated heterocycles. The van der Waals surface area contributed by atoms with E-state index >= 15 is 0 Å². The van der Waals surface area contributed by atoms with Crippen molar-refractivity contribution in [2.24, 2.45) is 0 Å². The van der Waals surface area contributed by atoms with E-state index in [1.54, 1.807) is 17.0 Å². The highest BCUT2D eigenvalue weighted by molar-refractivity contribution is 7.22. The van der Waals surface area contributed by atoms with Gasteiger partial charge in [-0.1, -0.05) is 41.7 Å². The average Bonchev–Trinajstić information content (AvgIpc) is 3.41. The van der Waals surface area contributed by atoms with Crippen molar-refractivity contribution >= 4 is 32.6 Å². The monoisotopic (exact) mass is 407 g/mol. The van der Waals surface area contributed by atoms with E-state index in [2.05, 4.69) is 9.88 Å². The lowest BCUT2D eigenvalue weighted by Crippen LogP contribution is -2.48. The van der Waals surface area contributed by atoms with Gasteiger partial charge in [0.15, 0.2) is 10.9 Å². The SMILES string of the molecule is O=C(c1ccc(-c2ccccc2)o1)N1CCN(c2nc3ccc(F)cc3s2)CC1. The van der Waals surface area contributed by atoms with Crippen LogP contribution in [0.1, 0.15) is 10.6 Å². The van der Waals surface area contributed by atoms with Crippen molar-refractivity contribution in [1.29, 1.82) is 0 Å². The summed E-state index contributed by atoms with van der Waals surface area (Å²) in [7, 11) is 0. The zero-order valence-electron chi connectivity index (χ0n) is 15.5. The summed E-state index contributed by atoms with van der Waals surface area (Å²) in [6, 6.07) is 17.9. The Morgan fingerprint density at radius 3 is 2.59 bits per heavy atom. The number of fused-ring (bicyclic) bond motifs is 1. The predicted octanol–water partition coefficient (Wildman–Crippen LogP) is 4.66. The number of furan rings is 1. The molecule has 0 atom stereocenters. The highest BCUT2D eigenvalue weighted by Crippen LogP contribution is 2.30. The molecule has 0 spiro atoms. The lowest BCUT2D eigenvalue weighted by molar-refractivity contribution is 0.0715. The van der Waals surface area contributed by atoms with Crippen molar-refractivity contribution < 1.29 is 13.6 Å². The van der Waals surface area contributed by atoms with Crippen LogP contribution in [-0.4, -0.2) is 42.0 Å². The molecule has 0 saturated carbocycles. The summed E-state index contributed by atoms with van der Waals surface area (Å²) >= 11 is 1.48. The second-order valence-electron chi connectivity index (χ2n) is 6.92. The number of amides is 1. The van der Waals surface area contributed by atoms with Gasteiger partial charge in [0.25, 0.3) is 5.91 Å². The molecule has 29 heavy (non-hydrogen) atoms. The molecule has 0 N–H and O–H groups in total. The molecule has 0 unspecified atom stereocenters. The summed E-state index contributed by atoms with van der Waals surface area (Å²) in [6.45, 7) is 2.54. The number of rotatable bonds is 3. The minimum atomic E-state index is -0.253. The summed E-state index contributed by atoms with van der Waals surface area (Å²) in [4.78, 5) is 21.4. The van der Waals surface area contributed by atoms with Gasteiger partial charge in [0.1, 0.15) is 11.6 Å². The fraction of sp³-hybridized carbons (Fsp3) is 0.182. The van der Waals surface area contributed by atoms with Gasteiger partial charge >= 0.3 is 0 Å². The molecule has 1 fully saturated rings. The number of anilines is 1. The molecular weight excluding hydrogens is 389 g/mol. The van der Waals surface area contributed by atoms with Crippen LogP contribution in [0, 0.1) is 5.82 Å². The fourth-order valence-corrected chi connectivity index (χ4v) is 4.53. The molecule has 5 rings (SSSR count). The van der Waals surface area contributed by atoms with E-state index in [9.17, 15) is 9.18 Å². The molecule has 0 bridgehead atoms. The molecule has 0 radical (unpaired) electrons. The van der Waals surface area contributed by atoms with Crippen LogP contribution in [0.4, 0.5) is 9.52 Å². The molecule has 3 heterocycles.